The molecule has 2 rings (SSSR count). The van der Waals surface area contributed by atoms with E-state index >= 15 is 0 Å². The first-order chi connectivity index (χ1) is 10.0. The third-order valence-electron chi connectivity index (χ3n) is 2.78. The number of amides is 1. The highest BCUT2D eigenvalue weighted by molar-refractivity contribution is 7.99. The van der Waals surface area contributed by atoms with Gasteiger partial charge in [0.1, 0.15) is 0 Å². The zero-order chi connectivity index (χ0) is 15.4. The molecule has 0 saturated heterocycles. The third kappa shape index (κ3) is 3.64. The zero-order valence-corrected chi connectivity index (χ0v) is 12.6. The maximum Gasteiger partial charge on any atom is 0.258 e. The molecule has 8 nitrogen and oxygen atoms in total. The molecule has 21 heavy (non-hydrogen) atoms. The van der Waals surface area contributed by atoms with Crippen LogP contribution in [-0.2, 0) is 4.79 Å². The van der Waals surface area contributed by atoms with Gasteiger partial charge >= 0.3 is 0 Å². The highest BCUT2D eigenvalue weighted by Gasteiger charge is 2.12. The Labute approximate surface area is 126 Å². The lowest BCUT2D eigenvalue weighted by Crippen LogP contribution is -2.19. The van der Waals surface area contributed by atoms with Gasteiger partial charge in [-0.1, -0.05) is 29.5 Å². The molecule has 0 fully saturated rings. The Morgan fingerprint density at radius 1 is 1.38 bits per heavy atom. The van der Waals surface area contributed by atoms with Gasteiger partial charge in [-0.3, -0.25) is 10.2 Å². The standard InChI is InChI=1S/C12H17N7OS/c1-7-3-4-9(8(2)5-7)15-10(20)6-21-12-18-17-11(16-13)19(12)14/h3-5H,6,13-14H2,1-2H3,(H,15,20)(H,16,17). The number of aromatic nitrogens is 3. The monoisotopic (exact) mass is 307 g/mol. The molecule has 6 N–H and O–H groups in total. The molecule has 9 heteroatoms. The molecule has 0 spiro atoms. The van der Waals surface area contributed by atoms with E-state index in [9.17, 15) is 4.79 Å². The summed E-state index contributed by atoms with van der Waals surface area (Å²) < 4.78 is 1.19. The molecule has 0 radical (unpaired) electrons. The fraction of sp³-hybridized carbons (Fsp3) is 0.250. The number of hydrogen-bond acceptors (Lipinski definition) is 7. The van der Waals surface area contributed by atoms with E-state index in [1.54, 1.807) is 0 Å². The molecule has 1 heterocycles. The number of nitrogen functional groups attached to an aromatic ring is 2. The SMILES string of the molecule is Cc1ccc(NC(=O)CSc2nnc(NN)n2N)c(C)c1. The Balaban J connectivity index is 1.94. The number of nitrogens with one attached hydrogen (secondary N) is 2. The maximum atomic E-state index is 11.9. The van der Waals surface area contributed by atoms with Crippen LogP contribution in [0.2, 0.25) is 0 Å². The number of aryl methyl sites for hydroxylation is 2. The predicted octanol–water partition coefficient (Wildman–Crippen LogP) is 0.625. The number of anilines is 2. The first kappa shape index (κ1) is 15.1. The molecule has 112 valence electrons. The van der Waals surface area contributed by atoms with Gasteiger partial charge in [0.25, 0.3) is 5.95 Å². The number of thioether (sulfide) groups is 1. The number of benzene rings is 1. The highest BCUT2D eigenvalue weighted by Crippen LogP contribution is 2.19. The minimum atomic E-state index is -0.141. The summed E-state index contributed by atoms with van der Waals surface area (Å²) in [5.41, 5.74) is 5.27. The van der Waals surface area contributed by atoms with Crippen molar-refractivity contribution in [1.82, 2.24) is 14.9 Å². The van der Waals surface area contributed by atoms with Crippen molar-refractivity contribution in [3.8, 4) is 0 Å². The van der Waals surface area contributed by atoms with Gasteiger partial charge in [-0.05, 0) is 25.5 Å². The van der Waals surface area contributed by atoms with Gasteiger partial charge in [-0.25, -0.2) is 10.5 Å². The van der Waals surface area contributed by atoms with Crippen LogP contribution in [0.5, 0.6) is 0 Å². The second-order valence-electron chi connectivity index (χ2n) is 4.48. The van der Waals surface area contributed by atoms with E-state index in [4.69, 9.17) is 11.7 Å². The fourth-order valence-electron chi connectivity index (χ4n) is 1.74. The molecule has 0 bridgehead atoms. The molecule has 0 aliphatic rings. The lowest BCUT2D eigenvalue weighted by atomic mass is 10.1. The average molecular weight is 307 g/mol. The Bertz CT molecular complexity index is 655. The summed E-state index contributed by atoms with van der Waals surface area (Å²) in [5, 5.41) is 10.8. The van der Waals surface area contributed by atoms with Gasteiger partial charge in [-0.15, -0.1) is 10.2 Å². The van der Waals surface area contributed by atoms with Crippen molar-refractivity contribution in [2.75, 3.05) is 22.3 Å². The zero-order valence-electron chi connectivity index (χ0n) is 11.8. The van der Waals surface area contributed by atoms with Crippen LogP contribution in [0.1, 0.15) is 11.1 Å². The summed E-state index contributed by atoms with van der Waals surface area (Å²) in [6, 6.07) is 5.85. The van der Waals surface area contributed by atoms with Gasteiger partial charge in [0.2, 0.25) is 11.1 Å². The average Bonchev–Trinajstić information content (AvgIpc) is 2.80. The molecule has 0 saturated carbocycles. The third-order valence-corrected chi connectivity index (χ3v) is 3.73. The van der Waals surface area contributed by atoms with Gasteiger partial charge < -0.3 is 11.2 Å². The summed E-state index contributed by atoms with van der Waals surface area (Å²) in [6.07, 6.45) is 0. The number of rotatable bonds is 5. The molecule has 0 aliphatic carbocycles. The van der Waals surface area contributed by atoms with E-state index in [-0.39, 0.29) is 17.6 Å². The van der Waals surface area contributed by atoms with Crippen LogP contribution in [0.25, 0.3) is 0 Å². The number of nitrogens with zero attached hydrogens (tertiary/aromatic N) is 3. The van der Waals surface area contributed by atoms with Crippen LogP contribution in [0, 0.1) is 13.8 Å². The largest absolute Gasteiger partial charge is 0.334 e. The molecule has 0 aliphatic heterocycles. The predicted molar refractivity (Wildman–Crippen MR) is 83.3 cm³/mol. The first-order valence-corrected chi connectivity index (χ1v) is 7.17. The molecular weight excluding hydrogens is 290 g/mol. The summed E-state index contributed by atoms with van der Waals surface area (Å²) in [5.74, 6) is 11.2. The fourth-order valence-corrected chi connectivity index (χ4v) is 2.40. The van der Waals surface area contributed by atoms with Crippen molar-refractivity contribution in [2.45, 2.75) is 19.0 Å². The van der Waals surface area contributed by atoms with Crippen molar-refractivity contribution in [2.24, 2.45) is 5.84 Å². The van der Waals surface area contributed by atoms with Crippen LogP contribution in [0.4, 0.5) is 11.6 Å². The summed E-state index contributed by atoms with van der Waals surface area (Å²) in [7, 11) is 0. The van der Waals surface area contributed by atoms with Crippen molar-refractivity contribution >= 4 is 29.3 Å². The van der Waals surface area contributed by atoms with Gasteiger partial charge in [0.05, 0.1) is 5.75 Å². The van der Waals surface area contributed by atoms with E-state index in [1.807, 2.05) is 32.0 Å². The summed E-state index contributed by atoms with van der Waals surface area (Å²) >= 11 is 1.18. The van der Waals surface area contributed by atoms with Crippen LogP contribution >= 0.6 is 11.8 Å². The molecular formula is C12H17N7OS. The van der Waals surface area contributed by atoms with E-state index in [0.29, 0.717) is 5.16 Å². The van der Waals surface area contributed by atoms with Gasteiger partial charge in [0.15, 0.2) is 0 Å². The van der Waals surface area contributed by atoms with Crippen molar-refractivity contribution < 1.29 is 4.79 Å². The number of carbonyl (C=O) groups excluding carboxylic acids is 1. The van der Waals surface area contributed by atoms with E-state index in [2.05, 4.69) is 20.9 Å². The molecule has 2 aromatic rings. The Kier molecular flexibility index (Phi) is 4.66. The van der Waals surface area contributed by atoms with Crippen molar-refractivity contribution in [3.63, 3.8) is 0 Å². The molecule has 0 unspecified atom stereocenters. The minimum absolute atomic E-state index is 0.141. The lowest BCUT2D eigenvalue weighted by molar-refractivity contribution is -0.113. The topological polar surface area (TPSA) is 124 Å². The normalized spacial score (nSPS) is 10.4. The van der Waals surface area contributed by atoms with Gasteiger partial charge in [0, 0.05) is 5.69 Å². The number of hydrazine groups is 1. The smallest absolute Gasteiger partial charge is 0.258 e. The van der Waals surface area contributed by atoms with Crippen LogP contribution in [0.3, 0.4) is 0 Å². The van der Waals surface area contributed by atoms with E-state index < -0.39 is 0 Å². The van der Waals surface area contributed by atoms with E-state index in [1.165, 1.54) is 16.4 Å². The molecule has 1 amide bonds. The first-order valence-electron chi connectivity index (χ1n) is 6.18. The number of nitrogens with two attached hydrogens (primary N) is 2. The van der Waals surface area contributed by atoms with E-state index in [0.717, 1.165) is 16.8 Å². The Morgan fingerprint density at radius 3 is 2.76 bits per heavy atom. The van der Waals surface area contributed by atoms with Crippen molar-refractivity contribution in [3.05, 3.63) is 29.3 Å². The molecule has 0 atom stereocenters. The second-order valence-corrected chi connectivity index (χ2v) is 5.42. The Hall–Kier alpha value is -2.26. The highest BCUT2D eigenvalue weighted by atomic mass is 32.2. The molecule has 1 aromatic heterocycles. The van der Waals surface area contributed by atoms with Crippen LogP contribution < -0.4 is 22.4 Å². The lowest BCUT2D eigenvalue weighted by Gasteiger charge is -2.08. The minimum Gasteiger partial charge on any atom is -0.334 e. The maximum absolute atomic E-state index is 11.9. The second kappa shape index (κ2) is 6.46. The Morgan fingerprint density at radius 2 is 2.14 bits per heavy atom. The van der Waals surface area contributed by atoms with Crippen molar-refractivity contribution in [1.29, 1.82) is 0 Å². The van der Waals surface area contributed by atoms with Gasteiger partial charge in [-0.2, -0.15) is 0 Å². The quantitative estimate of drug-likeness (QED) is 0.363. The molecule has 1 aromatic carbocycles. The summed E-state index contributed by atoms with van der Waals surface area (Å²) in [4.78, 5) is 11.9. The summed E-state index contributed by atoms with van der Waals surface area (Å²) in [6.45, 7) is 3.96. The number of hydrogen-bond donors (Lipinski definition) is 4. The van der Waals surface area contributed by atoms with Crippen LogP contribution in [0.15, 0.2) is 23.4 Å². The number of carbonyl (C=O) groups is 1. The van der Waals surface area contributed by atoms with Crippen LogP contribution in [-0.4, -0.2) is 26.5 Å².